The molecule has 40 heavy (non-hydrogen) atoms. The minimum absolute atomic E-state index is 0.242. The van der Waals surface area contributed by atoms with E-state index in [0.717, 1.165) is 16.7 Å². The maximum Gasteiger partial charge on any atom is 0.338 e. The molecule has 0 unspecified atom stereocenters. The first-order valence-electron chi connectivity index (χ1n) is 12.7. The number of fused-ring (bicyclic) bond motifs is 1. The number of carbonyl (C=O) groups excluding carboxylic acids is 1. The largest absolute Gasteiger partial charge is 0.493 e. The van der Waals surface area contributed by atoms with Crippen molar-refractivity contribution in [2.24, 2.45) is 4.99 Å². The standard InChI is InChI=1S/C31H27BrN2O5S/c1-4-23-26(30(36)38-3)27(21-13-9-6-10-14-21)34-29(35)25(40-31(34)33-23)17-20-15-22(32)28(24(16-20)37-2)39-18-19-11-7-5-8-12-19/h5-17,27H,4,18H2,1-3H3/b25-17-/t27-/m1/s1. The van der Waals surface area contributed by atoms with E-state index in [9.17, 15) is 9.59 Å². The summed E-state index contributed by atoms with van der Waals surface area (Å²) in [6.07, 6.45) is 2.32. The van der Waals surface area contributed by atoms with Crippen molar-refractivity contribution in [1.29, 1.82) is 0 Å². The minimum Gasteiger partial charge on any atom is -0.493 e. The van der Waals surface area contributed by atoms with Crippen LogP contribution in [0.15, 0.2) is 98.3 Å². The third-order valence-corrected chi connectivity index (χ3v) is 8.11. The fourth-order valence-electron chi connectivity index (χ4n) is 4.66. The highest BCUT2D eigenvalue weighted by atomic mass is 79.9. The highest BCUT2D eigenvalue weighted by Crippen LogP contribution is 2.37. The molecule has 0 radical (unpaired) electrons. The second kappa shape index (κ2) is 12.1. The number of thiazole rings is 1. The quantitative estimate of drug-likeness (QED) is 0.255. The fraction of sp³-hybridized carbons (Fsp3) is 0.194. The van der Waals surface area contributed by atoms with Gasteiger partial charge < -0.3 is 14.2 Å². The Morgan fingerprint density at radius 2 is 1.77 bits per heavy atom. The van der Waals surface area contributed by atoms with E-state index in [1.807, 2.05) is 79.7 Å². The van der Waals surface area contributed by atoms with E-state index in [0.29, 0.717) is 49.6 Å². The molecule has 9 heteroatoms. The van der Waals surface area contributed by atoms with Gasteiger partial charge in [0, 0.05) is 0 Å². The first-order chi connectivity index (χ1) is 19.4. The van der Waals surface area contributed by atoms with E-state index >= 15 is 0 Å². The Kier molecular flexibility index (Phi) is 8.32. The van der Waals surface area contributed by atoms with Crippen LogP contribution in [0.25, 0.3) is 6.08 Å². The Bertz CT molecular complexity index is 1760. The maximum atomic E-state index is 13.9. The first-order valence-corrected chi connectivity index (χ1v) is 14.3. The Morgan fingerprint density at radius 1 is 1.07 bits per heavy atom. The number of esters is 1. The third-order valence-electron chi connectivity index (χ3n) is 6.54. The van der Waals surface area contributed by atoms with Crippen molar-refractivity contribution >= 4 is 39.3 Å². The van der Waals surface area contributed by atoms with Gasteiger partial charge in [-0.15, -0.1) is 0 Å². The molecule has 7 nitrogen and oxygen atoms in total. The van der Waals surface area contributed by atoms with Crippen LogP contribution in [0, 0.1) is 0 Å². The van der Waals surface area contributed by atoms with Crippen LogP contribution >= 0.6 is 27.3 Å². The number of hydrogen-bond donors (Lipinski definition) is 0. The van der Waals surface area contributed by atoms with Crippen molar-refractivity contribution in [3.05, 3.63) is 125 Å². The van der Waals surface area contributed by atoms with Gasteiger partial charge in [-0.25, -0.2) is 9.79 Å². The average molecular weight is 620 g/mol. The molecule has 2 heterocycles. The summed E-state index contributed by atoms with van der Waals surface area (Å²) in [5, 5.41) is 0. The van der Waals surface area contributed by atoms with Gasteiger partial charge in [-0.1, -0.05) is 78.9 Å². The van der Waals surface area contributed by atoms with Gasteiger partial charge in [0.25, 0.3) is 5.56 Å². The van der Waals surface area contributed by atoms with Gasteiger partial charge in [-0.3, -0.25) is 9.36 Å². The lowest BCUT2D eigenvalue weighted by atomic mass is 9.95. The van der Waals surface area contributed by atoms with Crippen molar-refractivity contribution in [1.82, 2.24) is 4.57 Å². The van der Waals surface area contributed by atoms with Crippen molar-refractivity contribution < 1.29 is 19.0 Å². The van der Waals surface area contributed by atoms with Crippen LogP contribution in [-0.4, -0.2) is 24.8 Å². The smallest absolute Gasteiger partial charge is 0.338 e. The van der Waals surface area contributed by atoms with E-state index in [1.165, 1.54) is 18.4 Å². The van der Waals surface area contributed by atoms with Crippen molar-refractivity contribution in [3.8, 4) is 11.5 Å². The second-order valence-electron chi connectivity index (χ2n) is 9.01. The molecule has 0 bridgehead atoms. The van der Waals surface area contributed by atoms with Crippen LogP contribution < -0.4 is 24.4 Å². The summed E-state index contributed by atoms with van der Waals surface area (Å²) >= 11 is 4.89. The molecule has 3 aromatic carbocycles. The predicted octanol–water partition coefficient (Wildman–Crippen LogP) is 5.15. The maximum absolute atomic E-state index is 13.9. The molecule has 0 spiro atoms. The number of halogens is 1. The molecule has 0 fully saturated rings. The number of hydrogen-bond acceptors (Lipinski definition) is 7. The number of ether oxygens (including phenoxy) is 3. The normalized spacial score (nSPS) is 14.9. The molecule has 0 N–H and O–H groups in total. The highest BCUT2D eigenvalue weighted by Gasteiger charge is 2.33. The summed E-state index contributed by atoms with van der Waals surface area (Å²) in [4.78, 5) is 32.0. The van der Waals surface area contributed by atoms with E-state index < -0.39 is 12.0 Å². The van der Waals surface area contributed by atoms with Crippen molar-refractivity contribution in [3.63, 3.8) is 0 Å². The van der Waals surface area contributed by atoms with E-state index in [4.69, 9.17) is 19.2 Å². The minimum atomic E-state index is -0.642. The lowest BCUT2D eigenvalue weighted by Gasteiger charge is -2.25. The van der Waals surface area contributed by atoms with E-state index in [2.05, 4.69) is 15.9 Å². The number of allylic oxidation sites excluding steroid dienone is 1. The zero-order valence-corrected chi connectivity index (χ0v) is 24.6. The van der Waals surface area contributed by atoms with Crippen LogP contribution in [0.3, 0.4) is 0 Å². The fourth-order valence-corrected chi connectivity index (χ4v) is 6.25. The summed E-state index contributed by atoms with van der Waals surface area (Å²) < 4.78 is 19.6. The summed E-state index contributed by atoms with van der Waals surface area (Å²) in [6, 6.07) is 22.4. The zero-order valence-electron chi connectivity index (χ0n) is 22.2. The average Bonchev–Trinajstić information content (AvgIpc) is 3.29. The second-order valence-corrected chi connectivity index (χ2v) is 10.9. The molecule has 1 aliphatic heterocycles. The van der Waals surface area contributed by atoms with Crippen LogP contribution in [0.2, 0.25) is 0 Å². The number of rotatable bonds is 8. The number of carbonyl (C=O) groups is 1. The molecule has 1 atom stereocenters. The van der Waals surface area contributed by atoms with Gasteiger partial charge in [0.15, 0.2) is 16.3 Å². The zero-order chi connectivity index (χ0) is 28.2. The number of aromatic nitrogens is 1. The molecule has 1 aliphatic rings. The summed E-state index contributed by atoms with van der Waals surface area (Å²) in [6.45, 7) is 2.32. The molecule has 0 amide bonds. The van der Waals surface area contributed by atoms with Crippen LogP contribution in [0.4, 0.5) is 0 Å². The lowest BCUT2D eigenvalue weighted by molar-refractivity contribution is -0.136. The van der Waals surface area contributed by atoms with E-state index in [-0.39, 0.29) is 5.56 Å². The SMILES string of the molecule is CCC1=C(C(=O)OC)[C@@H](c2ccccc2)n2c(s/c(=C\c3cc(Br)c(OCc4ccccc4)c(OC)c3)c2=O)=N1. The number of nitrogens with zero attached hydrogens (tertiary/aromatic N) is 2. The molecular weight excluding hydrogens is 592 g/mol. The topological polar surface area (TPSA) is 79.1 Å². The third kappa shape index (κ3) is 5.39. The summed E-state index contributed by atoms with van der Waals surface area (Å²) in [5.41, 5.74) is 3.33. The van der Waals surface area contributed by atoms with Crippen LogP contribution in [-0.2, 0) is 16.1 Å². The Morgan fingerprint density at radius 3 is 2.42 bits per heavy atom. The van der Waals surface area contributed by atoms with Gasteiger partial charge in [-0.05, 0) is 57.2 Å². The predicted molar refractivity (Wildman–Crippen MR) is 158 cm³/mol. The molecule has 5 rings (SSSR count). The van der Waals surface area contributed by atoms with Gasteiger partial charge in [-0.2, -0.15) is 0 Å². The number of benzene rings is 3. The van der Waals surface area contributed by atoms with Gasteiger partial charge >= 0.3 is 5.97 Å². The number of methoxy groups -OCH3 is 2. The highest BCUT2D eigenvalue weighted by molar-refractivity contribution is 9.10. The van der Waals surface area contributed by atoms with E-state index in [1.54, 1.807) is 17.8 Å². The molecule has 4 aromatic rings. The Hall–Kier alpha value is -3.95. The molecule has 204 valence electrons. The van der Waals surface area contributed by atoms with Gasteiger partial charge in [0.05, 0.1) is 40.5 Å². The lowest BCUT2D eigenvalue weighted by Crippen LogP contribution is -2.40. The Balaban J connectivity index is 1.60. The van der Waals surface area contributed by atoms with Crippen molar-refractivity contribution in [2.45, 2.75) is 26.0 Å². The molecule has 0 aliphatic carbocycles. The summed E-state index contributed by atoms with van der Waals surface area (Å²) in [5.74, 6) is 0.612. The van der Waals surface area contributed by atoms with Crippen molar-refractivity contribution in [2.75, 3.05) is 14.2 Å². The molecular formula is C31H27BrN2O5S. The molecule has 0 saturated carbocycles. The van der Waals surface area contributed by atoms with Crippen LogP contribution in [0.5, 0.6) is 11.5 Å². The first kappa shape index (κ1) is 27.6. The monoisotopic (exact) mass is 618 g/mol. The van der Waals surface area contributed by atoms with Gasteiger partial charge in [0.2, 0.25) is 0 Å². The molecule has 1 aromatic heterocycles. The molecule has 0 saturated heterocycles. The van der Waals surface area contributed by atoms with Gasteiger partial charge in [0.1, 0.15) is 6.61 Å². The Labute approximate surface area is 243 Å². The van der Waals surface area contributed by atoms with Crippen LogP contribution in [0.1, 0.15) is 36.1 Å². The summed E-state index contributed by atoms with van der Waals surface area (Å²) in [7, 11) is 2.92.